The fourth-order valence-electron chi connectivity index (χ4n) is 3.78. The number of piperazine rings is 1. The predicted molar refractivity (Wildman–Crippen MR) is 119 cm³/mol. The van der Waals surface area contributed by atoms with Crippen molar-refractivity contribution in [2.75, 3.05) is 32.7 Å². The standard InChI is InChI=1S/C24H27N3OS/c28-23(25-24(22-12-7-17-29-22)21-10-5-2-6-11-21)19-27-15-13-26(14-16-27)18-20-8-3-1-4-9-20/h1-12,17,24H,13-16,18-19H2,(H,25,28). The van der Waals surface area contributed by atoms with Crippen LogP contribution in [-0.2, 0) is 11.3 Å². The van der Waals surface area contributed by atoms with Crippen molar-refractivity contribution in [3.05, 3.63) is 94.2 Å². The zero-order valence-corrected chi connectivity index (χ0v) is 17.4. The summed E-state index contributed by atoms with van der Waals surface area (Å²) >= 11 is 1.68. The van der Waals surface area contributed by atoms with Crippen molar-refractivity contribution >= 4 is 17.2 Å². The smallest absolute Gasteiger partial charge is 0.234 e. The first kappa shape index (κ1) is 19.8. The summed E-state index contributed by atoms with van der Waals surface area (Å²) in [6.07, 6.45) is 0. The molecule has 2 heterocycles. The van der Waals surface area contributed by atoms with Crippen molar-refractivity contribution in [3.63, 3.8) is 0 Å². The molecule has 29 heavy (non-hydrogen) atoms. The average Bonchev–Trinajstić information content (AvgIpc) is 3.29. The van der Waals surface area contributed by atoms with Crippen LogP contribution in [0.5, 0.6) is 0 Å². The van der Waals surface area contributed by atoms with Crippen LogP contribution in [0.1, 0.15) is 22.0 Å². The van der Waals surface area contributed by atoms with Crippen molar-refractivity contribution in [2.24, 2.45) is 0 Å². The van der Waals surface area contributed by atoms with Crippen LogP contribution in [0.2, 0.25) is 0 Å². The number of thiophene rings is 1. The van der Waals surface area contributed by atoms with E-state index < -0.39 is 0 Å². The van der Waals surface area contributed by atoms with E-state index in [1.165, 1.54) is 5.56 Å². The highest BCUT2D eigenvalue weighted by Crippen LogP contribution is 2.25. The first-order chi connectivity index (χ1) is 14.3. The van der Waals surface area contributed by atoms with Gasteiger partial charge in [0.15, 0.2) is 0 Å². The van der Waals surface area contributed by atoms with Crippen LogP contribution in [0.4, 0.5) is 0 Å². The zero-order valence-electron chi connectivity index (χ0n) is 16.5. The fourth-order valence-corrected chi connectivity index (χ4v) is 4.58. The van der Waals surface area contributed by atoms with Crippen molar-refractivity contribution in [1.29, 1.82) is 0 Å². The molecule has 4 rings (SSSR count). The molecule has 2 aromatic carbocycles. The molecular weight excluding hydrogens is 378 g/mol. The molecule has 0 aliphatic carbocycles. The second-order valence-corrected chi connectivity index (χ2v) is 8.44. The van der Waals surface area contributed by atoms with E-state index in [0.29, 0.717) is 6.54 Å². The Morgan fingerprint density at radius 1 is 0.862 bits per heavy atom. The lowest BCUT2D eigenvalue weighted by Crippen LogP contribution is -2.49. The molecule has 0 spiro atoms. The molecule has 5 heteroatoms. The van der Waals surface area contributed by atoms with Gasteiger partial charge in [-0.2, -0.15) is 0 Å². The summed E-state index contributed by atoms with van der Waals surface area (Å²) in [7, 11) is 0. The Morgan fingerprint density at radius 2 is 1.52 bits per heavy atom. The van der Waals surface area contributed by atoms with Crippen molar-refractivity contribution < 1.29 is 4.79 Å². The lowest BCUT2D eigenvalue weighted by molar-refractivity contribution is -0.123. The van der Waals surface area contributed by atoms with Crippen LogP contribution in [0.15, 0.2) is 78.2 Å². The van der Waals surface area contributed by atoms with Crippen LogP contribution in [-0.4, -0.2) is 48.4 Å². The molecule has 0 bridgehead atoms. The van der Waals surface area contributed by atoms with Gasteiger partial charge in [-0.15, -0.1) is 11.3 Å². The second-order valence-electron chi connectivity index (χ2n) is 7.46. The highest BCUT2D eigenvalue weighted by Gasteiger charge is 2.22. The molecule has 1 aromatic heterocycles. The molecule has 1 fully saturated rings. The van der Waals surface area contributed by atoms with Gasteiger partial charge in [-0.1, -0.05) is 66.7 Å². The lowest BCUT2D eigenvalue weighted by atomic mass is 10.1. The first-order valence-corrected chi connectivity index (χ1v) is 11.0. The van der Waals surface area contributed by atoms with E-state index in [0.717, 1.165) is 43.2 Å². The molecule has 1 atom stereocenters. The summed E-state index contributed by atoms with van der Waals surface area (Å²) in [6.45, 7) is 5.28. The van der Waals surface area contributed by atoms with Gasteiger partial charge >= 0.3 is 0 Å². The molecule has 1 amide bonds. The maximum Gasteiger partial charge on any atom is 0.234 e. The van der Waals surface area contributed by atoms with Gasteiger partial charge < -0.3 is 5.32 Å². The third-order valence-electron chi connectivity index (χ3n) is 5.35. The SMILES string of the molecule is O=C(CN1CCN(Cc2ccccc2)CC1)NC(c1ccccc1)c1cccs1. The summed E-state index contributed by atoms with van der Waals surface area (Å²) in [6, 6.07) is 24.8. The van der Waals surface area contributed by atoms with Crippen molar-refractivity contribution in [3.8, 4) is 0 Å². The fraction of sp³-hybridized carbons (Fsp3) is 0.292. The Labute approximate surface area is 176 Å². The molecule has 0 saturated carbocycles. The van der Waals surface area contributed by atoms with E-state index in [1.54, 1.807) is 11.3 Å². The third-order valence-corrected chi connectivity index (χ3v) is 6.28. The minimum atomic E-state index is -0.0805. The summed E-state index contributed by atoms with van der Waals surface area (Å²) in [5.74, 6) is 0.0868. The number of benzene rings is 2. The average molecular weight is 406 g/mol. The van der Waals surface area contributed by atoms with E-state index in [2.05, 4.69) is 69.0 Å². The maximum atomic E-state index is 12.8. The molecule has 1 saturated heterocycles. The van der Waals surface area contributed by atoms with E-state index in [1.807, 2.05) is 24.3 Å². The monoisotopic (exact) mass is 405 g/mol. The summed E-state index contributed by atoms with van der Waals surface area (Å²) in [5, 5.41) is 5.31. The quantitative estimate of drug-likeness (QED) is 0.650. The Hall–Kier alpha value is -2.47. The summed E-state index contributed by atoms with van der Waals surface area (Å²) in [4.78, 5) is 18.7. The van der Waals surface area contributed by atoms with Gasteiger partial charge in [0.05, 0.1) is 12.6 Å². The van der Waals surface area contributed by atoms with Gasteiger partial charge in [0, 0.05) is 37.6 Å². The molecule has 150 valence electrons. The third kappa shape index (κ3) is 5.54. The number of nitrogens with one attached hydrogen (secondary N) is 1. The number of hydrogen-bond donors (Lipinski definition) is 1. The number of amides is 1. The largest absolute Gasteiger partial charge is 0.343 e. The highest BCUT2D eigenvalue weighted by atomic mass is 32.1. The minimum absolute atomic E-state index is 0.0805. The van der Waals surface area contributed by atoms with Crippen LogP contribution < -0.4 is 5.32 Å². The van der Waals surface area contributed by atoms with Crippen molar-refractivity contribution in [1.82, 2.24) is 15.1 Å². The molecule has 1 aliphatic heterocycles. The number of nitrogens with zero attached hydrogens (tertiary/aromatic N) is 2. The molecular formula is C24H27N3OS. The van der Waals surface area contributed by atoms with Gasteiger partial charge in [0.1, 0.15) is 0 Å². The number of carbonyl (C=O) groups is 1. The Kier molecular flexibility index (Phi) is 6.72. The van der Waals surface area contributed by atoms with Crippen LogP contribution >= 0.6 is 11.3 Å². The number of rotatable bonds is 7. The Bertz CT molecular complexity index is 875. The zero-order chi connectivity index (χ0) is 19.9. The van der Waals surface area contributed by atoms with E-state index in [9.17, 15) is 4.79 Å². The Morgan fingerprint density at radius 3 is 2.17 bits per heavy atom. The van der Waals surface area contributed by atoms with Crippen molar-refractivity contribution in [2.45, 2.75) is 12.6 Å². The first-order valence-electron chi connectivity index (χ1n) is 10.1. The van der Waals surface area contributed by atoms with Gasteiger partial charge in [-0.25, -0.2) is 0 Å². The maximum absolute atomic E-state index is 12.8. The van der Waals surface area contributed by atoms with Gasteiger partial charge in [-0.3, -0.25) is 14.6 Å². The van der Waals surface area contributed by atoms with Gasteiger partial charge in [0.25, 0.3) is 0 Å². The number of carbonyl (C=O) groups excluding carboxylic acids is 1. The Balaban J connectivity index is 1.30. The number of hydrogen-bond acceptors (Lipinski definition) is 4. The molecule has 0 radical (unpaired) electrons. The topological polar surface area (TPSA) is 35.6 Å². The highest BCUT2D eigenvalue weighted by molar-refractivity contribution is 7.10. The molecule has 1 unspecified atom stereocenters. The second kappa shape index (κ2) is 9.83. The van der Waals surface area contributed by atoms with E-state index in [4.69, 9.17) is 0 Å². The molecule has 1 aliphatic rings. The lowest BCUT2D eigenvalue weighted by Gasteiger charge is -2.34. The normalized spacial score (nSPS) is 16.4. The van der Waals surface area contributed by atoms with Gasteiger partial charge in [0.2, 0.25) is 5.91 Å². The molecule has 1 N–H and O–H groups in total. The van der Waals surface area contributed by atoms with E-state index >= 15 is 0 Å². The van der Waals surface area contributed by atoms with Crippen LogP contribution in [0, 0.1) is 0 Å². The molecule has 4 nitrogen and oxygen atoms in total. The minimum Gasteiger partial charge on any atom is -0.343 e. The summed E-state index contributed by atoms with van der Waals surface area (Å²) < 4.78 is 0. The molecule has 3 aromatic rings. The predicted octanol–water partition coefficient (Wildman–Crippen LogP) is 3.77. The van der Waals surface area contributed by atoms with E-state index in [-0.39, 0.29) is 11.9 Å². The van der Waals surface area contributed by atoms with Gasteiger partial charge in [-0.05, 0) is 22.6 Å². The summed E-state index contributed by atoms with van der Waals surface area (Å²) in [5.41, 5.74) is 2.47. The van der Waals surface area contributed by atoms with Crippen LogP contribution in [0.25, 0.3) is 0 Å². The van der Waals surface area contributed by atoms with Crippen LogP contribution in [0.3, 0.4) is 0 Å².